The van der Waals surface area contributed by atoms with Gasteiger partial charge in [0.25, 0.3) is 17.4 Å². The van der Waals surface area contributed by atoms with E-state index >= 15 is 0 Å². The number of amides is 2. The molecule has 1 saturated heterocycles. The minimum Gasteiger partial charge on any atom is -0.485 e. The highest BCUT2D eigenvalue weighted by Gasteiger charge is 2.58. The number of thiazole rings is 1. The van der Waals surface area contributed by atoms with Crippen molar-refractivity contribution < 1.29 is 55.3 Å². The number of fused-ring (bicyclic) bond motifs is 1. The number of nitrogens with two attached hydrogens (primary N) is 3. The van der Waals surface area contributed by atoms with Gasteiger partial charge in [-0.3, -0.25) is 24.3 Å². The van der Waals surface area contributed by atoms with Gasteiger partial charge >= 0.3 is 28.8 Å². The van der Waals surface area contributed by atoms with E-state index in [9.17, 15) is 27.6 Å². The van der Waals surface area contributed by atoms with Gasteiger partial charge in [0.1, 0.15) is 23.7 Å². The van der Waals surface area contributed by atoms with E-state index < -0.39 is 57.2 Å². The molecule has 5 rings (SSSR count). The maximum atomic E-state index is 13.6. The Labute approximate surface area is 312 Å². The molecule has 2 aliphatic heterocycles. The molecule has 0 unspecified atom stereocenters. The summed E-state index contributed by atoms with van der Waals surface area (Å²) < 4.78 is 48.5. The number of β-lactam (4-membered cyclic amide) rings is 1. The fourth-order valence-electron chi connectivity index (χ4n) is 5.71. The van der Waals surface area contributed by atoms with Crippen molar-refractivity contribution >= 4 is 62.8 Å². The zero-order valence-electron chi connectivity index (χ0n) is 29.4. The Kier molecular flexibility index (Phi) is 11.5. The number of anilines is 2. The molecule has 0 bridgehead atoms. The minimum absolute atomic E-state index is 0.0389. The summed E-state index contributed by atoms with van der Waals surface area (Å²) in [5.74, 6) is -2.25. The summed E-state index contributed by atoms with van der Waals surface area (Å²) in [6.45, 7) is 4.58. The number of aromatic nitrogens is 3. The zero-order chi connectivity index (χ0) is 39.6. The normalized spacial score (nSPS) is 19.1. The number of carbonyl (C=O) groups is 4. The first-order valence-electron chi connectivity index (χ1n) is 16.2. The van der Waals surface area contributed by atoms with Gasteiger partial charge in [0, 0.05) is 24.0 Å². The maximum Gasteiger partial charge on any atom is 0.418 e. The number of oxime groups is 1. The fourth-order valence-corrected chi connectivity index (χ4v) is 6.72. The standard InChI is InChI=1S/C31H38N10O11S2/c1-30(2)24(26(44)41(30)52-54(46,47)48)38-25(43)23(20-14-53-28(34)37-20)39-51-31(3,27(45)49-15-42)22-8-6-17-9-16(5-7-21(17)50-22)18-12-35-29(40(4)13-18)36-19(10-32)11-33/h5,7,9,12-15,19,22,24H,6,8,10-11,32-33H2,1-4H3,(H4,34,37,38,43,46,47,48)/p+1/b39-23-/t22-,24-,31+/m1/s1. The molecule has 21 nitrogen and oxygen atoms in total. The van der Waals surface area contributed by atoms with Gasteiger partial charge in [-0.1, -0.05) is 16.2 Å². The molecule has 2 amide bonds. The molecule has 0 radical (unpaired) electrons. The Balaban J connectivity index is 1.39. The van der Waals surface area contributed by atoms with Gasteiger partial charge in [-0.15, -0.1) is 15.6 Å². The fraction of sp³-hybridized carbons (Fsp3) is 0.419. The number of hydrogen-bond donors (Lipinski definition) is 6. The van der Waals surface area contributed by atoms with Gasteiger partial charge in [0.2, 0.25) is 0 Å². The summed E-state index contributed by atoms with van der Waals surface area (Å²) >= 11 is 0.949. The molecule has 3 atom stereocenters. The number of carbonyl (C=O) groups excluding carboxylic acids is 4. The molecule has 2 aromatic heterocycles. The van der Waals surface area contributed by atoms with Gasteiger partial charge in [0.15, 0.2) is 16.9 Å². The average molecular weight is 792 g/mol. The number of hydroxylamine groups is 2. The van der Waals surface area contributed by atoms with Crippen LogP contribution in [0.25, 0.3) is 11.1 Å². The van der Waals surface area contributed by atoms with Crippen molar-refractivity contribution in [1.82, 2.24) is 20.3 Å². The Bertz CT molecular complexity index is 2090. The first-order chi connectivity index (χ1) is 25.4. The molecule has 9 N–H and O–H groups in total. The van der Waals surface area contributed by atoms with Crippen molar-refractivity contribution in [2.45, 2.75) is 62.9 Å². The third-order valence-electron chi connectivity index (χ3n) is 8.84. The summed E-state index contributed by atoms with van der Waals surface area (Å²) in [6, 6.07) is 3.92. The molecule has 3 aromatic rings. The highest BCUT2D eigenvalue weighted by molar-refractivity contribution is 7.80. The lowest BCUT2D eigenvalue weighted by Gasteiger charge is -2.50. The second-order valence-corrected chi connectivity index (χ2v) is 14.9. The third kappa shape index (κ3) is 8.24. The highest BCUT2D eigenvalue weighted by Crippen LogP contribution is 2.37. The summed E-state index contributed by atoms with van der Waals surface area (Å²) in [7, 11) is -3.22. The lowest BCUT2D eigenvalue weighted by molar-refractivity contribution is -0.659. The highest BCUT2D eigenvalue weighted by atomic mass is 32.3. The van der Waals surface area contributed by atoms with Crippen molar-refractivity contribution in [1.29, 1.82) is 0 Å². The second-order valence-electron chi connectivity index (χ2n) is 13.0. The molecule has 1 aromatic carbocycles. The zero-order valence-corrected chi connectivity index (χ0v) is 31.0. The van der Waals surface area contributed by atoms with E-state index in [-0.39, 0.29) is 29.8 Å². The van der Waals surface area contributed by atoms with Crippen LogP contribution in [0, 0.1) is 0 Å². The molecule has 4 heterocycles. The van der Waals surface area contributed by atoms with E-state index in [0.29, 0.717) is 36.3 Å². The molecule has 1 fully saturated rings. The van der Waals surface area contributed by atoms with Gasteiger partial charge in [-0.2, -0.15) is 13.5 Å². The lowest BCUT2D eigenvalue weighted by atomic mass is 9.84. The molecule has 290 valence electrons. The number of benzene rings is 1. The van der Waals surface area contributed by atoms with Crippen molar-refractivity contribution in [3.8, 4) is 16.9 Å². The molecule has 2 aliphatic rings. The lowest BCUT2D eigenvalue weighted by Crippen LogP contribution is -2.76. The van der Waals surface area contributed by atoms with Crippen LogP contribution in [0.3, 0.4) is 0 Å². The predicted molar refractivity (Wildman–Crippen MR) is 189 cm³/mol. The number of nitrogen functional groups attached to an aromatic ring is 1. The van der Waals surface area contributed by atoms with Gasteiger partial charge < -0.3 is 36.8 Å². The van der Waals surface area contributed by atoms with Crippen LogP contribution in [-0.2, 0) is 56.9 Å². The first kappa shape index (κ1) is 39.9. The number of esters is 1. The summed E-state index contributed by atoms with van der Waals surface area (Å²) in [5, 5.41) is 11.3. The quantitative estimate of drug-likeness (QED) is 0.0153. The van der Waals surface area contributed by atoms with E-state index in [4.69, 9.17) is 31.3 Å². The molecule has 0 saturated carbocycles. The predicted octanol–water partition coefficient (Wildman–Crippen LogP) is -1.28. The number of aryl methyl sites for hydroxylation is 2. The van der Waals surface area contributed by atoms with Crippen LogP contribution in [0.15, 0.2) is 41.1 Å². The Hall–Kier alpha value is -5.33. The van der Waals surface area contributed by atoms with E-state index in [1.165, 1.54) is 26.2 Å². The third-order valence-corrected chi connectivity index (χ3v) is 9.85. The maximum absolute atomic E-state index is 13.6. The number of nitrogens with zero attached hydrogens (tertiary/aromatic N) is 5. The Morgan fingerprint density at radius 2 is 2.02 bits per heavy atom. The Morgan fingerprint density at radius 1 is 1.30 bits per heavy atom. The van der Waals surface area contributed by atoms with E-state index in [2.05, 4.69) is 34.8 Å². The van der Waals surface area contributed by atoms with Gasteiger partial charge in [0.05, 0.1) is 24.8 Å². The van der Waals surface area contributed by atoms with Crippen LogP contribution in [0.5, 0.6) is 5.75 Å². The van der Waals surface area contributed by atoms with E-state index in [1.54, 1.807) is 18.3 Å². The van der Waals surface area contributed by atoms with Crippen molar-refractivity contribution in [3.63, 3.8) is 0 Å². The van der Waals surface area contributed by atoms with Crippen molar-refractivity contribution in [2.75, 3.05) is 24.1 Å². The smallest absolute Gasteiger partial charge is 0.418 e. The van der Waals surface area contributed by atoms with Crippen molar-refractivity contribution in [2.24, 2.45) is 23.7 Å². The van der Waals surface area contributed by atoms with Crippen LogP contribution in [-0.4, -0.2) is 100 Å². The number of ether oxygens (including phenoxy) is 2. The van der Waals surface area contributed by atoms with Gasteiger partial charge in [-0.25, -0.2) is 14.3 Å². The van der Waals surface area contributed by atoms with E-state index in [0.717, 1.165) is 28.0 Å². The number of hydrogen-bond acceptors (Lipinski definition) is 18. The van der Waals surface area contributed by atoms with E-state index in [1.807, 2.05) is 23.9 Å². The van der Waals surface area contributed by atoms with Crippen molar-refractivity contribution in [3.05, 3.63) is 47.2 Å². The van der Waals surface area contributed by atoms with Crippen LogP contribution in [0.4, 0.5) is 11.1 Å². The molecule has 0 spiro atoms. The number of nitrogens with one attached hydrogen (secondary N) is 2. The minimum atomic E-state index is -5.05. The molecular formula is C31H39N10O11S2+. The van der Waals surface area contributed by atoms with Crippen LogP contribution in [0.1, 0.15) is 38.4 Å². The SMILES string of the molecule is C[n+]1cc(-c2ccc3c(c2)CC[C@H]([C@](C)(O/N=C(\C(=O)N[C@@H]2C(=O)N(OS(=O)(=O)O)C2(C)C)c2csc(N)n2)C(=O)OC=O)O3)cnc1NC(CN)CN. The first-order valence-corrected chi connectivity index (χ1v) is 18.4. The number of rotatable bonds is 15. The van der Waals surface area contributed by atoms with Crippen LogP contribution in [0.2, 0.25) is 0 Å². The summed E-state index contributed by atoms with van der Waals surface area (Å²) in [4.78, 5) is 65.2. The van der Waals surface area contributed by atoms with Gasteiger partial charge in [-0.05, 0) is 56.9 Å². The molecular weight excluding hydrogens is 753 g/mol. The molecule has 0 aliphatic carbocycles. The van der Waals surface area contributed by atoms with Crippen LogP contribution >= 0.6 is 11.3 Å². The topological polar surface area (TPSA) is 307 Å². The van der Waals surface area contributed by atoms with Crippen LogP contribution < -0.4 is 37.1 Å². The second kappa shape index (κ2) is 15.6. The average Bonchev–Trinajstić information content (AvgIpc) is 3.56. The molecule has 54 heavy (non-hydrogen) atoms. The largest absolute Gasteiger partial charge is 0.485 e. The molecule has 23 heteroatoms. The summed E-state index contributed by atoms with van der Waals surface area (Å²) in [6.07, 6.45) is 3.05. The monoisotopic (exact) mass is 791 g/mol. The Morgan fingerprint density at radius 3 is 2.61 bits per heavy atom. The summed E-state index contributed by atoms with van der Waals surface area (Å²) in [5.41, 5.74) is 15.5.